The smallest absolute Gasteiger partial charge is 0.260 e. The number of amides is 1. The Morgan fingerprint density at radius 2 is 2.04 bits per heavy atom. The molecule has 1 amide bonds. The molecule has 0 aromatic heterocycles. The maximum atomic E-state index is 12.2. The van der Waals surface area contributed by atoms with Crippen molar-refractivity contribution in [2.24, 2.45) is 5.92 Å². The van der Waals surface area contributed by atoms with Gasteiger partial charge in [-0.1, -0.05) is 25.4 Å². The molecule has 0 saturated carbocycles. The number of morpholine rings is 1. The summed E-state index contributed by atoms with van der Waals surface area (Å²) in [6, 6.07) is 4.18. The summed E-state index contributed by atoms with van der Waals surface area (Å²) in [6.07, 6.45) is 0. The second-order valence-corrected chi connectivity index (χ2v) is 8.29. The maximum absolute atomic E-state index is 12.2. The van der Waals surface area contributed by atoms with Crippen LogP contribution in [0.25, 0.3) is 0 Å². The number of hydrogen-bond acceptors (Lipinski definition) is 5. The fraction of sp³-hybridized carbons (Fsp3) is 0.562. The van der Waals surface area contributed by atoms with Gasteiger partial charge in [0.1, 0.15) is 5.75 Å². The minimum Gasteiger partial charge on any atom is -0.482 e. The lowest BCUT2D eigenvalue weighted by atomic mass is 10.2. The van der Waals surface area contributed by atoms with Crippen LogP contribution in [0.3, 0.4) is 0 Å². The number of ether oxygens (including phenoxy) is 2. The van der Waals surface area contributed by atoms with Gasteiger partial charge in [0.15, 0.2) is 6.61 Å². The van der Waals surface area contributed by atoms with Crippen molar-refractivity contribution in [3.63, 3.8) is 0 Å². The minimum absolute atomic E-state index is 0.0602. The van der Waals surface area contributed by atoms with E-state index in [2.05, 4.69) is 4.72 Å². The summed E-state index contributed by atoms with van der Waals surface area (Å²) in [5.41, 5.74) is 0. The fourth-order valence-electron chi connectivity index (χ4n) is 2.17. The molecule has 1 saturated heterocycles. The molecule has 1 aromatic rings. The van der Waals surface area contributed by atoms with Gasteiger partial charge in [0.2, 0.25) is 10.0 Å². The van der Waals surface area contributed by atoms with Crippen LogP contribution >= 0.6 is 11.6 Å². The quantitative estimate of drug-likeness (QED) is 0.762. The highest BCUT2D eigenvalue weighted by Crippen LogP contribution is 2.27. The average Bonchev–Trinajstić information content (AvgIpc) is 2.59. The van der Waals surface area contributed by atoms with Crippen LogP contribution < -0.4 is 9.46 Å². The van der Waals surface area contributed by atoms with Gasteiger partial charge in [-0.05, 0) is 24.1 Å². The van der Waals surface area contributed by atoms with E-state index in [4.69, 9.17) is 21.1 Å². The highest BCUT2D eigenvalue weighted by Gasteiger charge is 2.19. The Hall–Kier alpha value is -1.35. The number of nitrogens with one attached hydrogen (secondary N) is 1. The van der Waals surface area contributed by atoms with Gasteiger partial charge in [-0.2, -0.15) is 0 Å². The first-order valence-corrected chi connectivity index (χ1v) is 9.93. The second-order valence-electron chi connectivity index (χ2n) is 6.12. The average molecular weight is 391 g/mol. The zero-order valence-electron chi connectivity index (χ0n) is 14.3. The van der Waals surface area contributed by atoms with Gasteiger partial charge >= 0.3 is 0 Å². The lowest BCUT2D eigenvalue weighted by Crippen LogP contribution is -2.43. The lowest BCUT2D eigenvalue weighted by Gasteiger charge is -2.26. The Balaban J connectivity index is 1.98. The van der Waals surface area contributed by atoms with E-state index in [0.29, 0.717) is 32.8 Å². The van der Waals surface area contributed by atoms with Crippen molar-refractivity contribution in [3.05, 3.63) is 23.2 Å². The Labute approximate surface area is 153 Å². The van der Waals surface area contributed by atoms with Crippen LogP contribution in [0.1, 0.15) is 13.8 Å². The SMILES string of the molecule is CC(C)CNS(=O)(=O)c1ccc(OCC(=O)N2CCOCC2)c(Cl)c1. The molecule has 9 heteroatoms. The van der Waals surface area contributed by atoms with E-state index in [-0.39, 0.29) is 34.1 Å². The normalized spacial score (nSPS) is 15.4. The van der Waals surface area contributed by atoms with E-state index in [1.54, 1.807) is 4.90 Å². The summed E-state index contributed by atoms with van der Waals surface area (Å²) < 4.78 is 37.5. The summed E-state index contributed by atoms with van der Waals surface area (Å²) >= 11 is 6.11. The number of halogens is 1. The molecular weight excluding hydrogens is 368 g/mol. The fourth-order valence-corrected chi connectivity index (χ4v) is 3.71. The molecule has 1 aliphatic heterocycles. The second kappa shape index (κ2) is 8.84. The van der Waals surface area contributed by atoms with Crippen molar-refractivity contribution in [2.45, 2.75) is 18.7 Å². The van der Waals surface area contributed by atoms with E-state index in [1.165, 1.54) is 18.2 Å². The number of nitrogens with zero attached hydrogens (tertiary/aromatic N) is 1. The van der Waals surface area contributed by atoms with Crippen molar-refractivity contribution >= 4 is 27.5 Å². The van der Waals surface area contributed by atoms with E-state index < -0.39 is 10.0 Å². The number of sulfonamides is 1. The Bertz CT molecular complexity index is 702. The molecule has 0 spiro atoms. The topological polar surface area (TPSA) is 84.9 Å². The number of carbonyl (C=O) groups excluding carboxylic acids is 1. The van der Waals surface area contributed by atoms with Crippen LogP contribution in [0.2, 0.25) is 5.02 Å². The Kier molecular flexibility index (Phi) is 7.06. The summed E-state index contributed by atoms with van der Waals surface area (Å²) in [5.74, 6) is 0.305. The Morgan fingerprint density at radius 3 is 2.64 bits per heavy atom. The van der Waals surface area contributed by atoms with Crippen molar-refractivity contribution in [2.75, 3.05) is 39.5 Å². The molecule has 1 heterocycles. The highest BCUT2D eigenvalue weighted by atomic mass is 35.5. The third-order valence-electron chi connectivity index (χ3n) is 3.61. The third-order valence-corrected chi connectivity index (χ3v) is 5.33. The molecule has 0 unspecified atom stereocenters. The molecule has 2 rings (SSSR count). The first-order valence-electron chi connectivity index (χ1n) is 8.07. The monoisotopic (exact) mass is 390 g/mol. The van der Waals surface area contributed by atoms with Gasteiger partial charge in [0.05, 0.1) is 23.1 Å². The number of hydrogen-bond donors (Lipinski definition) is 1. The van der Waals surface area contributed by atoms with E-state index in [0.717, 1.165) is 0 Å². The van der Waals surface area contributed by atoms with Crippen LogP contribution in [0.5, 0.6) is 5.75 Å². The van der Waals surface area contributed by atoms with E-state index >= 15 is 0 Å². The molecule has 0 bridgehead atoms. The summed E-state index contributed by atoms with van der Waals surface area (Å²) in [4.78, 5) is 13.8. The molecule has 1 N–H and O–H groups in total. The summed E-state index contributed by atoms with van der Waals surface area (Å²) in [5, 5.41) is 0.141. The predicted molar refractivity (Wildman–Crippen MR) is 94.4 cm³/mol. The molecular formula is C16H23ClN2O5S. The Morgan fingerprint density at radius 1 is 1.36 bits per heavy atom. The molecule has 0 aliphatic carbocycles. The molecule has 1 aromatic carbocycles. The zero-order valence-corrected chi connectivity index (χ0v) is 15.9. The summed E-state index contributed by atoms with van der Waals surface area (Å²) in [7, 11) is -3.62. The van der Waals surface area contributed by atoms with Crippen LogP contribution in [0.4, 0.5) is 0 Å². The third kappa shape index (κ3) is 5.85. The van der Waals surface area contributed by atoms with E-state index in [1.807, 2.05) is 13.8 Å². The van der Waals surface area contributed by atoms with E-state index in [9.17, 15) is 13.2 Å². The number of rotatable bonds is 7. The lowest BCUT2D eigenvalue weighted by molar-refractivity contribution is -0.137. The first kappa shape index (κ1) is 20.0. The molecule has 1 aliphatic rings. The van der Waals surface area contributed by atoms with Gasteiger partial charge in [0.25, 0.3) is 5.91 Å². The van der Waals surface area contributed by atoms with Crippen LogP contribution in [0.15, 0.2) is 23.1 Å². The van der Waals surface area contributed by atoms with Gasteiger partial charge < -0.3 is 14.4 Å². The molecule has 1 fully saturated rings. The van der Waals surface area contributed by atoms with Gasteiger partial charge in [0, 0.05) is 19.6 Å². The maximum Gasteiger partial charge on any atom is 0.260 e. The molecule has 25 heavy (non-hydrogen) atoms. The number of benzene rings is 1. The minimum atomic E-state index is -3.62. The largest absolute Gasteiger partial charge is 0.482 e. The number of carbonyl (C=O) groups is 1. The van der Waals surface area contributed by atoms with Crippen LogP contribution in [-0.2, 0) is 19.6 Å². The van der Waals surface area contributed by atoms with Crippen molar-refractivity contribution in [1.82, 2.24) is 9.62 Å². The van der Waals surface area contributed by atoms with Gasteiger partial charge in [-0.3, -0.25) is 4.79 Å². The highest BCUT2D eigenvalue weighted by molar-refractivity contribution is 7.89. The molecule has 0 radical (unpaired) electrons. The van der Waals surface area contributed by atoms with Crippen molar-refractivity contribution in [3.8, 4) is 5.75 Å². The zero-order chi connectivity index (χ0) is 18.4. The van der Waals surface area contributed by atoms with Crippen molar-refractivity contribution < 1.29 is 22.7 Å². The van der Waals surface area contributed by atoms with Crippen LogP contribution in [0, 0.1) is 5.92 Å². The predicted octanol–water partition coefficient (Wildman–Crippen LogP) is 1.51. The van der Waals surface area contributed by atoms with Crippen LogP contribution in [-0.4, -0.2) is 58.7 Å². The molecule has 0 atom stereocenters. The molecule has 140 valence electrons. The molecule has 7 nitrogen and oxygen atoms in total. The first-order chi connectivity index (χ1) is 11.8. The van der Waals surface area contributed by atoms with Crippen molar-refractivity contribution in [1.29, 1.82) is 0 Å². The standard InChI is InChI=1S/C16H23ClN2O5S/c1-12(2)10-18-25(21,22)13-3-4-15(14(17)9-13)24-11-16(20)19-5-7-23-8-6-19/h3-4,9,12,18H,5-8,10-11H2,1-2H3. The van der Waals surface area contributed by atoms with Gasteiger partial charge in [-0.25, -0.2) is 13.1 Å². The summed E-state index contributed by atoms with van der Waals surface area (Å²) in [6.45, 7) is 6.12. The van der Waals surface area contributed by atoms with Gasteiger partial charge in [-0.15, -0.1) is 0 Å².